The average Bonchev–Trinajstić information content (AvgIpc) is 3.03. The number of hydrogen-bond acceptors (Lipinski definition) is 4. The Balaban J connectivity index is 1.91. The third-order valence-electron chi connectivity index (χ3n) is 4.36. The third kappa shape index (κ3) is 2.27. The van der Waals surface area contributed by atoms with Gasteiger partial charge in [0.1, 0.15) is 17.9 Å². The fraction of sp³-hybridized carbons (Fsp3) is 0.222. The van der Waals surface area contributed by atoms with E-state index >= 15 is 0 Å². The van der Waals surface area contributed by atoms with E-state index in [1.54, 1.807) is 13.4 Å². The maximum atomic E-state index is 5.30. The summed E-state index contributed by atoms with van der Waals surface area (Å²) in [7, 11) is 1.67. The zero-order chi connectivity index (χ0) is 16.0. The first kappa shape index (κ1) is 14.5. The molecule has 0 fully saturated rings. The summed E-state index contributed by atoms with van der Waals surface area (Å²) in [6.07, 6.45) is 2.64. The fourth-order valence-electron chi connectivity index (χ4n) is 3.25. The van der Waals surface area contributed by atoms with Gasteiger partial charge in [-0.15, -0.1) is 0 Å². The number of fused-ring (bicyclic) bond motifs is 2. The Bertz CT molecular complexity index is 910. The molecule has 1 aliphatic heterocycles. The van der Waals surface area contributed by atoms with E-state index < -0.39 is 0 Å². The van der Waals surface area contributed by atoms with Crippen LogP contribution < -0.4 is 9.64 Å². The molecule has 0 bridgehead atoms. The minimum Gasteiger partial charge on any atom is -0.497 e. The first-order valence-corrected chi connectivity index (χ1v) is 8.32. The van der Waals surface area contributed by atoms with Gasteiger partial charge in [-0.2, -0.15) is 0 Å². The number of methoxy groups -OCH3 is 1. The Labute approximate surface area is 143 Å². The van der Waals surface area contributed by atoms with Gasteiger partial charge in [0.2, 0.25) is 0 Å². The number of halogens is 1. The van der Waals surface area contributed by atoms with Crippen LogP contribution >= 0.6 is 15.9 Å². The summed E-state index contributed by atoms with van der Waals surface area (Å²) >= 11 is 3.67. The largest absolute Gasteiger partial charge is 0.497 e. The quantitative estimate of drug-likeness (QED) is 0.670. The lowest BCUT2D eigenvalue weighted by molar-refractivity contribution is 0.415. The molecule has 3 aromatic rings. The Hall–Kier alpha value is -2.14. The molecule has 5 heteroatoms. The van der Waals surface area contributed by atoms with Crippen molar-refractivity contribution in [3.63, 3.8) is 0 Å². The number of nitrogens with zero attached hydrogens (tertiary/aromatic N) is 3. The van der Waals surface area contributed by atoms with Gasteiger partial charge in [0, 0.05) is 28.2 Å². The standard InChI is InChI=1S/C18H16BrN3O/c1-11-3-6-15(19)13-7-8-22(17(11)13)18-14-5-4-12(23-2)9-16(14)20-10-21-18/h3-6,9-10H,7-8H2,1-2H3. The lowest BCUT2D eigenvalue weighted by Crippen LogP contribution is -2.16. The topological polar surface area (TPSA) is 38.2 Å². The number of anilines is 2. The Morgan fingerprint density at radius 1 is 1.17 bits per heavy atom. The van der Waals surface area contributed by atoms with Gasteiger partial charge >= 0.3 is 0 Å². The van der Waals surface area contributed by atoms with Gasteiger partial charge in [-0.1, -0.05) is 22.0 Å². The highest BCUT2D eigenvalue weighted by Crippen LogP contribution is 2.41. The number of benzene rings is 2. The molecule has 1 aliphatic rings. The van der Waals surface area contributed by atoms with E-state index in [1.807, 2.05) is 18.2 Å². The first-order chi connectivity index (χ1) is 11.2. The molecule has 4 nitrogen and oxygen atoms in total. The van der Waals surface area contributed by atoms with Gasteiger partial charge in [-0.05, 0) is 42.7 Å². The normalized spacial score (nSPS) is 13.4. The summed E-state index contributed by atoms with van der Waals surface area (Å²) in [5.74, 6) is 1.76. The molecular formula is C18H16BrN3O. The minimum absolute atomic E-state index is 0.808. The molecular weight excluding hydrogens is 354 g/mol. The van der Waals surface area contributed by atoms with E-state index in [4.69, 9.17) is 4.74 Å². The van der Waals surface area contributed by atoms with E-state index in [-0.39, 0.29) is 0 Å². The van der Waals surface area contributed by atoms with Crippen molar-refractivity contribution in [2.45, 2.75) is 13.3 Å². The second kappa shape index (κ2) is 5.49. The molecule has 0 amide bonds. The maximum Gasteiger partial charge on any atom is 0.144 e. The van der Waals surface area contributed by atoms with Crippen LogP contribution in [0.4, 0.5) is 11.5 Å². The van der Waals surface area contributed by atoms with Crippen molar-refractivity contribution in [2.24, 2.45) is 0 Å². The van der Waals surface area contributed by atoms with Crippen LogP contribution in [0.25, 0.3) is 10.9 Å². The Morgan fingerprint density at radius 2 is 2.04 bits per heavy atom. The summed E-state index contributed by atoms with van der Waals surface area (Å²) in [4.78, 5) is 11.3. The van der Waals surface area contributed by atoms with Crippen molar-refractivity contribution in [1.82, 2.24) is 9.97 Å². The molecule has 0 aliphatic carbocycles. The van der Waals surface area contributed by atoms with Gasteiger partial charge in [-0.25, -0.2) is 9.97 Å². The van der Waals surface area contributed by atoms with E-state index in [9.17, 15) is 0 Å². The summed E-state index contributed by atoms with van der Waals surface area (Å²) in [6.45, 7) is 3.08. The highest BCUT2D eigenvalue weighted by atomic mass is 79.9. The van der Waals surface area contributed by atoms with Crippen molar-refractivity contribution in [2.75, 3.05) is 18.6 Å². The second-order valence-electron chi connectivity index (χ2n) is 5.67. The zero-order valence-electron chi connectivity index (χ0n) is 13.0. The van der Waals surface area contributed by atoms with Crippen molar-refractivity contribution in [3.8, 4) is 5.75 Å². The third-order valence-corrected chi connectivity index (χ3v) is 5.10. The van der Waals surface area contributed by atoms with Crippen LogP contribution in [0.3, 0.4) is 0 Å². The number of aryl methyl sites for hydroxylation is 1. The molecule has 23 heavy (non-hydrogen) atoms. The fourth-order valence-corrected chi connectivity index (χ4v) is 3.77. The SMILES string of the molecule is COc1ccc2c(N3CCc4c(Br)ccc(C)c43)ncnc2c1. The highest BCUT2D eigenvalue weighted by molar-refractivity contribution is 9.10. The molecule has 116 valence electrons. The second-order valence-corrected chi connectivity index (χ2v) is 6.53. The van der Waals surface area contributed by atoms with Crippen LogP contribution in [-0.2, 0) is 6.42 Å². The van der Waals surface area contributed by atoms with E-state index in [0.717, 1.165) is 35.4 Å². The average molecular weight is 370 g/mol. The van der Waals surface area contributed by atoms with Crippen molar-refractivity contribution in [1.29, 1.82) is 0 Å². The summed E-state index contributed by atoms with van der Waals surface area (Å²) in [6, 6.07) is 10.2. The molecule has 0 atom stereocenters. The summed E-state index contributed by atoms with van der Waals surface area (Å²) < 4.78 is 6.47. The summed E-state index contributed by atoms with van der Waals surface area (Å²) in [5.41, 5.74) is 4.77. The van der Waals surface area contributed by atoms with Gasteiger partial charge in [0.15, 0.2) is 0 Å². The van der Waals surface area contributed by atoms with Gasteiger partial charge in [0.05, 0.1) is 12.6 Å². The molecule has 0 spiro atoms. The minimum atomic E-state index is 0.808. The van der Waals surface area contributed by atoms with Crippen LogP contribution in [0.5, 0.6) is 5.75 Å². The number of hydrogen-bond donors (Lipinski definition) is 0. The van der Waals surface area contributed by atoms with Gasteiger partial charge < -0.3 is 9.64 Å². The zero-order valence-corrected chi connectivity index (χ0v) is 14.6. The van der Waals surface area contributed by atoms with Crippen LogP contribution in [0.1, 0.15) is 11.1 Å². The number of aromatic nitrogens is 2. The summed E-state index contributed by atoms with van der Waals surface area (Å²) in [5, 5.41) is 1.04. The molecule has 0 unspecified atom stereocenters. The van der Waals surface area contributed by atoms with Crippen molar-refractivity contribution in [3.05, 3.63) is 52.3 Å². The molecule has 4 rings (SSSR count). The van der Waals surface area contributed by atoms with E-state index in [2.05, 4.69) is 49.9 Å². The van der Waals surface area contributed by atoms with E-state index in [0.29, 0.717) is 0 Å². The predicted molar refractivity (Wildman–Crippen MR) is 95.7 cm³/mol. The monoisotopic (exact) mass is 369 g/mol. The predicted octanol–water partition coefficient (Wildman–Crippen LogP) is 4.40. The smallest absolute Gasteiger partial charge is 0.144 e. The number of rotatable bonds is 2. The van der Waals surface area contributed by atoms with Crippen molar-refractivity contribution >= 4 is 38.3 Å². The molecule has 2 aromatic carbocycles. The Kier molecular flexibility index (Phi) is 3.45. The van der Waals surface area contributed by atoms with E-state index in [1.165, 1.54) is 21.3 Å². The van der Waals surface area contributed by atoms with Gasteiger partial charge in [0.25, 0.3) is 0 Å². The molecule has 0 radical (unpaired) electrons. The molecule has 0 saturated carbocycles. The Morgan fingerprint density at radius 3 is 2.87 bits per heavy atom. The van der Waals surface area contributed by atoms with Crippen molar-refractivity contribution < 1.29 is 4.74 Å². The number of ether oxygens (including phenoxy) is 1. The maximum absolute atomic E-state index is 5.30. The lowest BCUT2D eigenvalue weighted by atomic mass is 10.1. The molecule has 2 heterocycles. The highest BCUT2D eigenvalue weighted by Gasteiger charge is 2.26. The van der Waals surface area contributed by atoms with Crippen LogP contribution in [-0.4, -0.2) is 23.6 Å². The first-order valence-electron chi connectivity index (χ1n) is 7.53. The molecule has 0 saturated heterocycles. The molecule has 0 N–H and O–H groups in total. The lowest BCUT2D eigenvalue weighted by Gasteiger charge is -2.22. The molecule has 1 aromatic heterocycles. The van der Waals surface area contributed by atoms with Gasteiger partial charge in [-0.3, -0.25) is 0 Å². The van der Waals surface area contributed by atoms with Crippen LogP contribution in [0.15, 0.2) is 41.1 Å². The van der Waals surface area contributed by atoms with Crippen LogP contribution in [0.2, 0.25) is 0 Å². The van der Waals surface area contributed by atoms with Crippen LogP contribution in [0, 0.1) is 6.92 Å².